The number of nitrogens with zero attached hydrogens (tertiary/aromatic N) is 2. The smallest absolute Gasteiger partial charge is 0.241 e. The average Bonchev–Trinajstić information content (AvgIpc) is 2.63. The van der Waals surface area contributed by atoms with E-state index in [0.717, 1.165) is 11.5 Å². The normalized spacial score (nSPS) is 12.1. The molecule has 0 aliphatic carbocycles. The number of phenols is 2. The lowest BCUT2D eigenvalue weighted by Crippen LogP contribution is -2.18. The van der Waals surface area contributed by atoms with Crippen LogP contribution in [-0.2, 0) is 10.0 Å². The van der Waals surface area contributed by atoms with Crippen LogP contribution < -0.4 is 4.72 Å². The summed E-state index contributed by atoms with van der Waals surface area (Å²) in [5.74, 6) is -0.487. The second-order valence-corrected chi connectivity index (χ2v) is 7.60. The Kier molecular flexibility index (Phi) is 4.82. The minimum absolute atomic E-state index is 0.0302. The van der Waals surface area contributed by atoms with Gasteiger partial charge >= 0.3 is 0 Å². The van der Waals surface area contributed by atoms with Gasteiger partial charge in [-0.2, -0.15) is 0 Å². The Morgan fingerprint density at radius 3 is 2.46 bits per heavy atom. The van der Waals surface area contributed by atoms with Gasteiger partial charge in [-0.1, -0.05) is 41.9 Å². The lowest BCUT2D eigenvalue weighted by Gasteiger charge is -2.07. The first-order chi connectivity index (χ1) is 12.3. The Hall–Kier alpha value is -2.68. The number of fused-ring (bicyclic) bond motifs is 1. The maximum absolute atomic E-state index is 11.9. The maximum Gasteiger partial charge on any atom is 0.241 e. The van der Waals surface area contributed by atoms with Crippen LogP contribution >= 0.6 is 11.6 Å². The molecule has 0 aliphatic heterocycles. The Morgan fingerprint density at radius 1 is 1.00 bits per heavy atom. The minimum atomic E-state index is -3.82. The van der Waals surface area contributed by atoms with Crippen LogP contribution in [0, 0.1) is 0 Å². The van der Waals surface area contributed by atoms with Crippen molar-refractivity contribution in [3.8, 4) is 11.5 Å². The van der Waals surface area contributed by atoms with Crippen LogP contribution in [0.15, 0.2) is 63.7 Å². The molecule has 0 aromatic heterocycles. The summed E-state index contributed by atoms with van der Waals surface area (Å²) >= 11 is 5.99. The third-order valence-corrected chi connectivity index (χ3v) is 5.60. The lowest BCUT2D eigenvalue weighted by atomic mass is 10.1. The van der Waals surface area contributed by atoms with E-state index < -0.39 is 15.8 Å². The van der Waals surface area contributed by atoms with Crippen molar-refractivity contribution in [3.63, 3.8) is 0 Å². The van der Waals surface area contributed by atoms with Gasteiger partial charge in [0.1, 0.15) is 27.8 Å². The van der Waals surface area contributed by atoms with Crippen molar-refractivity contribution in [1.29, 1.82) is 0 Å². The molecule has 0 bridgehead atoms. The molecule has 0 aliphatic rings. The summed E-state index contributed by atoms with van der Waals surface area (Å²) < 4.78 is 25.8. The number of hydrogen-bond acceptors (Lipinski definition) is 6. The summed E-state index contributed by atoms with van der Waals surface area (Å²) in [5.41, 5.74) is 0.197. The average molecular weight is 392 g/mol. The van der Waals surface area contributed by atoms with Crippen molar-refractivity contribution in [3.05, 3.63) is 53.6 Å². The van der Waals surface area contributed by atoms with E-state index in [4.69, 9.17) is 11.6 Å². The molecule has 0 radical (unpaired) electrons. The van der Waals surface area contributed by atoms with Gasteiger partial charge in [-0.05, 0) is 24.6 Å². The molecule has 0 saturated carbocycles. The van der Waals surface area contributed by atoms with E-state index in [1.165, 1.54) is 19.2 Å². The van der Waals surface area contributed by atoms with E-state index in [0.29, 0.717) is 5.39 Å². The van der Waals surface area contributed by atoms with Crippen LogP contribution in [0.5, 0.6) is 11.5 Å². The Labute approximate surface area is 154 Å². The first-order valence-electron chi connectivity index (χ1n) is 7.42. The molecule has 26 heavy (non-hydrogen) atoms. The summed E-state index contributed by atoms with van der Waals surface area (Å²) in [6, 6.07) is 12.7. The fourth-order valence-electron chi connectivity index (χ4n) is 2.38. The van der Waals surface area contributed by atoms with Crippen LogP contribution in [0.4, 0.5) is 11.4 Å². The Balaban J connectivity index is 2.08. The highest BCUT2D eigenvalue weighted by molar-refractivity contribution is 7.89. The molecule has 0 spiro atoms. The van der Waals surface area contributed by atoms with Crippen LogP contribution in [0.2, 0.25) is 5.02 Å². The van der Waals surface area contributed by atoms with Gasteiger partial charge in [-0.3, -0.25) is 0 Å². The van der Waals surface area contributed by atoms with Crippen LogP contribution in [0.3, 0.4) is 0 Å². The number of rotatable bonds is 4. The molecular formula is C17H14ClN3O4S. The summed E-state index contributed by atoms with van der Waals surface area (Å²) in [7, 11) is -2.59. The SMILES string of the molecule is CNS(=O)(=O)c1cc(O)c(N=Nc2c(O)ccc3ccccc23)cc1Cl. The highest BCUT2D eigenvalue weighted by Gasteiger charge is 2.19. The second kappa shape index (κ2) is 6.91. The van der Waals surface area contributed by atoms with Crippen molar-refractivity contribution in [2.75, 3.05) is 7.05 Å². The zero-order valence-electron chi connectivity index (χ0n) is 13.5. The van der Waals surface area contributed by atoms with Crippen molar-refractivity contribution < 1.29 is 18.6 Å². The fraction of sp³-hybridized carbons (Fsp3) is 0.0588. The number of phenolic OH excluding ortho intramolecular Hbond substituents is 2. The number of halogens is 1. The first-order valence-corrected chi connectivity index (χ1v) is 9.28. The lowest BCUT2D eigenvalue weighted by molar-refractivity contribution is 0.473. The predicted molar refractivity (Wildman–Crippen MR) is 99.2 cm³/mol. The van der Waals surface area contributed by atoms with Gasteiger partial charge in [0.2, 0.25) is 10.0 Å². The maximum atomic E-state index is 11.9. The zero-order chi connectivity index (χ0) is 18.9. The number of nitrogens with one attached hydrogen (secondary N) is 1. The van der Waals surface area contributed by atoms with Crippen LogP contribution in [-0.4, -0.2) is 25.7 Å². The number of benzene rings is 3. The second-order valence-electron chi connectivity index (χ2n) is 5.33. The molecule has 9 heteroatoms. The first kappa shape index (κ1) is 18.1. The van der Waals surface area contributed by atoms with Gasteiger partial charge < -0.3 is 10.2 Å². The van der Waals surface area contributed by atoms with E-state index in [1.807, 2.05) is 12.1 Å². The predicted octanol–water partition coefficient (Wildman–Crippen LogP) is 4.23. The van der Waals surface area contributed by atoms with Gasteiger partial charge in [0.15, 0.2) is 0 Å². The molecule has 0 fully saturated rings. The summed E-state index contributed by atoms with van der Waals surface area (Å²) in [6.07, 6.45) is 0. The largest absolute Gasteiger partial charge is 0.506 e. The topological polar surface area (TPSA) is 111 Å². The van der Waals surface area contributed by atoms with Crippen molar-refractivity contribution >= 4 is 43.8 Å². The quantitative estimate of drug-likeness (QED) is 0.578. The number of hydrogen-bond donors (Lipinski definition) is 3. The molecule has 0 amide bonds. The number of sulfonamides is 1. The molecular weight excluding hydrogens is 378 g/mol. The third-order valence-electron chi connectivity index (χ3n) is 3.72. The molecule has 3 N–H and O–H groups in total. The molecule has 3 aromatic rings. The van der Waals surface area contributed by atoms with Crippen molar-refractivity contribution in [2.45, 2.75) is 4.90 Å². The Bertz CT molecular complexity index is 1130. The number of azo groups is 1. The summed E-state index contributed by atoms with van der Waals surface area (Å²) in [4.78, 5) is -0.272. The van der Waals surface area contributed by atoms with Crippen molar-refractivity contribution in [1.82, 2.24) is 4.72 Å². The number of aromatic hydroxyl groups is 2. The minimum Gasteiger partial charge on any atom is -0.506 e. The highest BCUT2D eigenvalue weighted by Crippen LogP contribution is 2.39. The monoisotopic (exact) mass is 391 g/mol. The molecule has 7 nitrogen and oxygen atoms in total. The summed E-state index contributed by atoms with van der Waals surface area (Å²) in [6.45, 7) is 0. The van der Waals surface area contributed by atoms with E-state index >= 15 is 0 Å². The molecule has 0 atom stereocenters. The highest BCUT2D eigenvalue weighted by atomic mass is 35.5. The van der Waals surface area contributed by atoms with Crippen molar-refractivity contribution in [2.24, 2.45) is 10.2 Å². The molecule has 3 aromatic carbocycles. The standard InChI is InChI=1S/C17H14ClN3O4S/c1-19-26(24,25)16-9-15(23)13(8-12(16)18)20-21-17-11-5-3-2-4-10(11)6-7-14(17)22/h2-9,19,22-23H,1H3. The molecule has 0 heterocycles. The van der Waals surface area contributed by atoms with Crippen LogP contribution in [0.1, 0.15) is 0 Å². The fourth-order valence-corrected chi connectivity index (χ4v) is 3.65. The molecule has 134 valence electrons. The van der Waals surface area contributed by atoms with Gasteiger partial charge in [0, 0.05) is 11.5 Å². The van der Waals surface area contributed by atoms with Crippen LogP contribution in [0.25, 0.3) is 10.8 Å². The Morgan fingerprint density at radius 2 is 1.73 bits per heavy atom. The van der Waals surface area contributed by atoms with Gasteiger partial charge in [-0.25, -0.2) is 13.1 Å². The van der Waals surface area contributed by atoms with E-state index in [-0.39, 0.29) is 27.0 Å². The third kappa shape index (κ3) is 3.34. The van der Waals surface area contributed by atoms with Gasteiger partial charge in [0.05, 0.1) is 5.02 Å². The van der Waals surface area contributed by atoms with Gasteiger partial charge in [0.25, 0.3) is 0 Å². The van der Waals surface area contributed by atoms with E-state index in [1.54, 1.807) is 18.2 Å². The van der Waals surface area contributed by atoms with E-state index in [9.17, 15) is 18.6 Å². The molecule has 0 saturated heterocycles. The van der Waals surface area contributed by atoms with E-state index in [2.05, 4.69) is 15.0 Å². The summed E-state index contributed by atoms with van der Waals surface area (Å²) in [5, 5.41) is 29.5. The van der Waals surface area contributed by atoms with Gasteiger partial charge in [-0.15, -0.1) is 10.2 Å². The molecule has 0 unspecified atom stereocenters. The zero-order valence-corrected chi connectivity index (χ0v) is 15.1. The molecule has 3 rings (SSSR count).